The first-order chi connectivity index (χ1) is 15.5. The molecular formula is C27H31N5. The van der Waals surface area contributed by atoms with Crippen LogP contribution in [0.4, 0.5) is 11.5 Å². The summed E-state index contributed by atoms with van der Waals surface area (Å²) in [6, 6.07) is 15.4. The molecule has 0 unspecified atom stereocenters. The molecule has 1 aromatic heterocycles. The molecule has 0 spiro atoms. The smallest absolute Gasteiger partial charge is 0.131 e. The molecule has 0 amide bonds. The highest BCUT2D eigenvalue weighted by atomic mass is 15.2. The zero-order valence-electron chi connectivity index (χ0n) is 19.0. The second kappa shape index (κ2) is 8.32. The van der Waals surface area contributed by atoms with Gasteiger partial charge in [-0.05, 0) is 60.8 Å². The van der Waals surface area contributed by atoms with E-state index in [1.165, 1.54) is 22.4 Å². The number of nitrogens with one attached hydrogen (secondary N) is 1. The van der Waals surface area contributed by atoms with Gasteiger partial charge in [-0.15, -0.1) is 0 Å². The van der Waals surface area contributed by atoms with Gasteiger partial charge in [0, 0.05) is 67.0 Å². The van der Waals surface area contributed by atoms with E-state index in [2.05, 4.69) is 83.1 Å². The van der Waals surface area contributed by atoms with Crippen molar-refractivity contribution in [2.45, 2.75) is 13.3 Å². The van der Waals surface area contributed by atoms with Gasteiger partial charge in [-0.2, -0.15) is 0 Å². The Morgan fingerprint density at radius 3 is 2.47 bits per heavy atom. The van der Waals surface area contributed by atoms with Crippen molar-refractivity contribution in [1.82, 2.24) is 15.2 Å². The standard InChI is InChI=1S/C27H31N5/c1-18-14-22(15-21-8-9-29-19(2)26(18)21)25-16-23(17-30-27(25)28)20-4-6-24(7-5-20)32-12-10-31(3)11-13-32/h4-7,14-17,29H,2,8-13H2,1,3H3,(H2,28,30). The molecule has 5 nitrogen and oxygen atoms in total. The summed E-state index contributed by atoms with van der Waals surface area (Å²) in [5.41, 5.74) is 16.8. The molecule has 0 bridgehead atoms. The molecule has 0 atom stereocenters. The van der Waals surface area contributed by atoms with E-state index in [0.29, 0.717) is 5.82 Å². The summed E-state index contributed by atoms with van der Waals surface area (Å²) in [4.78, 5) is 9.37. The number of hydrogen-bond acceptors (Lipinski definition) is 5. The Bertz CT molecular complexity index is 1160. The number of nitrogens with zero attached hydrogens (tertiary/aromatic N) is 3. The first kappa shape index (κ1) is 20.6. The Kier molecular flexibility index (Phi) is 5.35. The lowest BCUT2D eigenvalue weighted by molar-refractivity contribution is 0.313. The summed E-state index contributed by atoms with van der Waals surface area (Å²) < 4.78 is 0. The number of rotatable bonds is 3. The van der Waals surface area contributed by atoms with Crippen LogP contribution in [0.1, 0.15) is 16.7 Å². The Hall–Kier alpha value is -3.31. The summed E-state index contributed by atoms with van der Waals surface area (Å²) in [5.74, 6) is 0.565. The molecule has 2 aromatic carbocycles. The zero-order valence-corrected chi connectivity index (χ0v) is 19.0. The van der Waals surface area contributed by atoms with E-state index < -0.39 is 0 Å². The van der Waals surface area contributed by atoms with Crippen molar-refractivity contribution in [3.63, 3.8) is 0 Å². The predicted molar refractivity (Wildman–Crippen MR) is 135 cm³/mol. The Morgan fingerprint density at radius 2 is 1.72 bits per heavy atom. The van der Waals surface area contributed by atoms with Crippen molar-refractivity contribution in [3.8, 4) is 22.3 Å². The number of nitrogen functional groups attached to an aromatic ring is 1. The number of aryl methyl sites for hydroxylation is 1. The molecule has 3 aromatic rings. The Morgan fingerprint density at radius 1 is 0.969 bits per heavy atom. The van der Waals surface area contributed by atoms with Gasteiger partial charge in [-0.3, -0.25) is 0 Å². The molecule has 5 rings (SSSR count). The second-order valence-electron chi connectivity index (χ2n) is 8.98. The minimum Gasteiger partial charge on any atom is -0.385 e. The summed E-state index contributed by atoms with van der Waals surface area (Å²) in [5, 5.41) is 3.37. The fraction of sp³-hybridized carbons (Fsp3) is 0.296. The third-order valence-corrected chi connectivity index (χ3v) is 6.75. The van der Waals surface area contributed by atoms with Gasteiger partial charge in [0.1, 0.15) is 5.82 Å². The number of piperazine rings is 1. The van der Waals surface area contributed by atoms with Gasteiger partial charge in [0.15, 0.2) is 0 Å². The normalized spacial score (nSPS) is 16.6. The first-order valence-electron chi connectivity index (χ1n) is 11.4. The van der Waals surface area contributed by atoms with Crippen LogP contribution in [0.15, 0.2) is 55.2 Å². The fourth-order valence-electron chi connectivity index (χ4n) is 4.87. The average Bonchev–Trinajstić information content (AvgIpc) is 2.80. The largest absolute Gasteiger partial charge is 0.385 e. The van der Waals surface area contributed by atoms with Gasteiger partial charge >= 0.3 is 0 Å². The van der Waals surface area contributed by atoms with E-state index in [1.807, 2.05) is 6.20 Å². The Balaban J connectivity index is 1.46. The van der Waals surface area contributed by atoms with Crippen LogP contribution in [0, 0.1) is 6.92 Å². The van der Waals surface area contributed by atoms with E-state index in [1.54, 1.807) is 0 Å². The van der Waals surface area contributed by atoms with E-state index in [0.717, 1.165) is 67.1 Å². The highest BCUT2D eigenvalue weighted by Gasteiger charge is 2.18. The molecule has 3 heterocycles. The van der Waals surface area contributed by atoms with Crippen LogP contribution in [0.25, 0.3) is 28.0 Å². The molecule has 5 heteroatoms. The maximum atomic E-state index is 6.33. The number of hydrogen-bond donors (Lipinski definition) is 2. The second-order valence-corrected chi connectivity index (χ2v) is 8.98. The molecule has 0 radical (unpaired) electrons. The quantitative estimate of drug-likeness (QED) is 0.660. The van der Waals surface area contributed by atoms with Crippen LogP contribution in [0.3, 0.4) is 0 Å². The van der Waals surface area contributed by atoms with Crippen LogP contribution >= 0.6 is 0 Å². The number of nitrogens with two attached hydrogens (primary N) is 1. The van der Waals surface area contributed by atoms with Crippen molar-refractivity contribution in [3.05, 3.63) is 71.9 Å². The monoisotopic (exact) mass is 425 g/mol. The van der Waals surface area contributed by atoms with Crippen molar-refractivity contribution in [1.29, 1.82) is 0 Å². The molecule has 3 N–H and O–H groups in total. The van der Waals surface area contributed by atoms with Gasteiger partial charge in [0.25, 0.3) is 0 Å². The minimum atomic E-state index is 0.565. The summed E-state index contributed by atoms with van der Waals surface area (Å²) >= 11 is 0. The van der Waals surface area contributed by atoms with Crippen molar-refractivity contribution < 1.29 is 0 Å². The maximum Gasteiger partial charge on any atom is 0.131 e. The molecular weight excluding hydrogens is 394 g/mol. The van der Waals surface area contributed by atoms with Gasteiger partial charge in [0.05, 0.1) is 0 Å². The molecule has 32 heavy (non-hydrogen) atoms. The molecule has 1 fully saturated rings. The van der Waals surface area contributed by atoms with Crippen LogP contribution in [-0.2, 0) is 6.42 Å². The highest BCUT2D eigenvalue weighted by Crippen LogP contribution is 2.35. The van der Waals surface area contributed by atoms with Crippen LogP contribution in [0.2, 0.25) is 0 Å². The van der Waals surface area contributed by atoms with Crippen LogP contribution < -0.4 is 16.0 Å². The summed E-state index contributed by atoms with van der Waals surface area (Å²) in [6.45, 7) is 11.6. The van der Waals surface area contributed by atoms with E-state index >= 15 is 0 Å². The van der Waals surface area contributed by atoms with Gasteiger partial charge in [-0.1, -0.05) is 30.8 Å². The van der Waals surface area contributed by atoms with Gasteiger partial charge < -0.3 is 20.9 Å². The third kappa shape index (κ3) is 3.84. The van der Waals surface area contributed by atoms with Crippen molar-refractivity contribution in [2.75, 3.05) is 50.4 Å². The lowest BCUT2D eigenvalue weighted by atomic mass is 9.89. The molecule has 0 saturated carbocycles. The lowest BCUT2D eigenvalue weighted by Crippen LogP contribution is -2.44. The van der Waals surface area contributed by atoms with E-state index in [9.17, 15) is 0 Å². The fourth-order valence-corrected chi connectivity index (χ4v) is 4.87. The number of aromatic nitrogens is 1. The summed E-state index contributed by atoms with van der Waals surface area (Å²) in [7, 11) is 2.18. The predicted octanol–water partition coefficient (Wildman–Crippen LogP) is 4.17. The highest BCUT2D eigenvalue weighted by molar-refractivity contribution is 5.82. The molecule has 2 aliphatic rings. The lowest BCUT2D eigenvalue weighted by Gasteiger charge is -2.34. The number of benzene rings is 2. The van der Waals surface area contributed by atoms with Gasteiger partial charge in [0.2, 0.25) is 0 Å². The third-order valence-electron chi connectivity index (χ3n) is 6.75. The molecule has 1 saturated heterocycles. The van der Waals surface area contributed by atoms with E-state index in [4.69, 9.17) is 5.73 Å². The first-order valence-corrected chi connectivity index (χ1v) is 11.4. The maximum absolute atomic E-state index is 6.33. The van der Waals surface area contributed by atoms with Crippen LogP contribution in [0.5, 0.6) is 0 Å². The number of pyridine rings is 1. The molecule has 2 aliphatic heterocycles. The van der Waals surface area contributed by atoms with Crippen molar-refractivity contribution in [2.24, 2.45) is 0 Å². The number of fused-ring (bicyclic) bond motifs is 1. The zero-order chi connectivity index (χ0) is 22.2. The average molecular weight is 426 g/mol. The van der Waals surface area contributed by atoms with Crippen molar-refractivity contribution >= 4 is 17.2 Å². The van der Waals surface area contributed by atoms with Crippen LogP contribution in [-0.4, -0.2) is 49.7 Å². The SMILES string of the molecule is C=C1NCCc2cc(-c3cc(-c4ccc(N5CCN(C)CC5)cc4)cnc3N)cc(C)c21. The number of likely N-dealkylation sites (N-methyl/N-ethyl adjacent to an activating group) is 1. The molecule has 164 valence electrons. The van der Waals surface area contributed by atoms with E-state index in [-0.39, 0.29) is 0 Å². The van der Waals surface area contributed by atoms with Gasteiger partial charge in [-0.25, -0.2) is 4.98 Å². The molecule has 0 aliphatic carbocycles. The number of anilines is 2. The Labute approximate surface area is 190 Å². The topological polar surface area (TPSA) is 57.4 Å². The minimum absolute atomic E-state index is 0.565. The summed E-state index contributed by atoms with van der Waals surface area (Å²) in [6.07, 6.45) is 2.87.